The standard InChI is InChI=1S/C11H19NO3S/c1-9(11(13)15-2)3-6-12-10-4-7-16(14)8-5-10/h3,10,12H,4-8H2,1-2H3. The van der Waals surface area contributed by atoms with Crippen LogP contribution in [0.25, 0.3) is 0 Å². The molecule has 1 saturated heterocycles. The minimum Gasteiger partial charge on any atom is -0.466 e. The number of ether oxygens (including phenoxy) is 1. The van der Waals surface area contributed by atoms with Gasteiger partial charge in [0.2, 0.25) is 0 Å². The number of carbonyl (C=O) groups excluding carboxylic acids is 1. The van der Waals surface area contributed by atoms with Crippen LogP contribution in [0.15, 0.2) is 11.6 Å². The molecule has 1 N–H and O–H groups in total. The molecule has 1 aliphatic rings. The molecule has 0 radical (unpaired) electrons. The number of nitrogens with one attached hydrogen (secondary N) is 1. The summed E-state index contributed by atoms with van der Waals surface area (Å²) >= 11 is 0. The highest BCUT2D eigenvalue weighted by Crippen LogP contribution is 2.08. The van der Waals surface area contributed by atoms with E-state index in [2.05, 4.69) is 10.1 Å². The monoisotopic (exact) mass is 245 g/mol. The van der Waals surface area contributed by atoms with Crippen LogP contribution in [0.5, 0.6) is 0 Å². The third-order valence-corrected chi connectivity index (χ3v) is 4.09. The average molecular weight is 245 g/mol. The highest BCUT2D eigenvalue weighted by Gasteiger charge is 2.16. The van der Waals surface area contributed by atoms with E-state index in [-0.39, 0.29) is 5.97 Å². The van der Waals surface area contributed by atoms with Crippen LogP contribution in [-0.4, -0.2) is 41.4 Å². The SMILES string of the molecule is COC(=O)C(C)=CCNC1CCS(=O)CC1. The van der Waals surface area contributed by atoms with Gasteiger partial charge in [0.25, 0.3) is 0 Å². The summed E-state index contributed by atoms with van der Waals surface area (Å²) in [6.07, 6.45) is 3.74. The van der Waals surface area contributed by atoms with Gasteiger partial charge in [-0.3, -0.25) is 4.21 Å². The van der Waals surface area contributed by atoms with Gasteiger partial charge in [-0.1, -0.05) is 6.08 Å². The molecule has 0 bridgehead atoms. The summed E-state index contributed by atoms with van der Waals surface area (Å²) in [6.45, 7) is 2.40. The van der Waals surface area contributed by atoms with E-state index in [0.29, 0.717) is 18.2 Å². The van der Waals surface area contributed by atoms with Crippen LogP contribution >= 0.6 is 0 Å². The van der Waals surface area contributed by atoms with Gasteiger partial charge in [-0.15, -0.1) is 0 Å². The van der Waals surface area contributed by atoms with E-state index >= 15 is 0 Å². The maximum atomic E-state index is 11.1. The number of methoxy groups -OCH3 is 1. The quantitative estimate of drug-likeness (QED) is 0.582. The molecule has 0 atom stereocenters. The van der Waals surface area contributed by atoms with Gasteiger partial charge in [0.15, 0.2) is 0 Å². The highest BCUT2D eigenvalue weighted by molar-refractivity contribution is 7.85. The second-order valence-corrected chi connectivity index (χ2v) is 5.61. The van der Waals surface area contributed by atoms with Crippen LogP contribution < -0.4 is 5.32 Å². The van der Waals surface area contributed by atoms with Crippen molar-refractivity contribution in [3.8, 4) is 0 Å². The largest absolute Gasteiger partial charge is 0.466 e. The van der Waals surface area contributed by atoms with Crippen molar-refractivity contribution in [2.24, 2.45) is 0 Å². The molecule has 0 spiro atoms. The van der Waals surface area contributed by atoms with E-state index in [1.54, 1.807) is 6.92 Å². The molecule has 92 valence electrons. The molecule has 0 saturated carbocycles. The highest BCUT2D eigenvalue weighted by atomic mass is 32.2. The topological polar surface area (TPSA) is 55.4 Å². The first-order chi connectivity index (χ1) is 7.63. The van der Waals surface area contributed by atoms with E-state index in [9.17, 15) is 9.00 Å². The summed E-state index contributed by atoms with van der Waals surface area (Å²) in [4.78, 5) is 11.1. The van der Waals surface area contributed by atoms with E-state index in [4.69, 9.17) is 0 Å². The first-order valence-electron chi connectivity index (χ1n) is 5.47. The summed E-state index contributed by atoms with van der Waals surface area (Å²) in [5, 5.41) is 3.33. The molecule has 1 aliphatic heterocycles. The lowest BCUT2D eigenvalue weighted by molar-refractivity contribution is -0.136. The molecular formula is C11H19NO3S. The predicted octanol–water partition coefficient (Wildman–Crippen LogP) is 0.606. The maximum absolute atomic E-state index is 11.1. The molecule has 16 heavy (non-hydrogen) atoms. The number of rotatable bonds is 4. The molecule has 1 rings (SSSR count). The van der Waals surface area contributed by atoms with Crippen LogP contribution in [0.1, 0.15) is 19.8 Å². The van der Waals surface area contributed by atoms with E-state index in [0.717, 1.165) is 24.3 Å². The Morgan fingerprint density at radius 1 is 1.50 bits per heavy atom. The van der Waals surface area contributed by atoms with Crippen molar-refractivity contribution in [2.45, 2.75) is 25.8 Å². The fourth-order valence-electron chi connectivity index (χ4n) is 1.62. The van der Waals surface area contributed by atoms with Crippen LogP contribution in [0.2, 0.25) is 0 Å². The van der Waals surface area contributed by atoms with E-state index < -0.39 is 10.8 Å². The molecule has 0 unspecified atom stereocenters. The Labute approximate surface area is 98.9 Å². The van der Waals surface area contributed by atoms with Gasteiger partial charge in [0, 0.05) is 40.5 Å². The van der Waals surface area contributed by atoms with Gasteiger partial charge < -0.3 is 10.1 Å². The second kappa shape index (κ2) is 6.81. The molecule has 1 heterocycles. The smallest absolute Gasteiger partial charge is 0.333 e. The lowest BCUT2D eigenvalue weighted by Gasteiger charge is -2.21. The van der Waals surface area contributed by atoms with E-state index in [1.165, 1.54) is 7.11 Å². The number of hydrogen-bond donors (Lipinski definition) is 1. The van der Waals surface area contributed by atoms with Crippen molar-refractivity contribution < 1.29 is 13.7 Å². The molecule has 0 aromatic carbocycles. The molecule has 0 amide bonds. The Morgan fingerprint density at radius 2 is 2.12 bits per heavy atom. The van der Waals surface area contributed by atoms with Gasteiger partial charge in [-0.2, -0.15) is 0 Å². The molecule has 0 aromatic rings. The van der Waals surface area contributed by atoms with Crippen LogP contribution in [0.4, 0.5) is 0 Å². The molecule has 5 heteroatoms. The van der Waals surface area contributed by atoms with Crippen molar-refractivity contribution >= 4 is 16.8 Å². The van der Waals surface area contributed by atoms with Gasteiger partial charge in [0.05, 0.1) is 7.11 Å². The number of hydrogen-bond acceptors (Lipinski definition) is 4. The third kappa shape index (κ3) is 4.45. The molecular weight excluding hydrogens is 226 g/mol. The lowest BCUT2D eigenvalue weighted by atomic mass is 10.1. The summed E-state index contributed by atoms with van der Waals surface area (Å²) in [5.41, 5.74) is 0.620. The first-order valence-corrected chi connectivity index (χ1v) is 6.95. The van der Waals surface area contributed by atoms with Crippen molar-refractivity contribution in [2.75, 3.05) is 25.2 Å². The van der Waals surface area contributed by atoms with Crippen LogP contribution in [-0.2, 0) is 20.3 Å². The summed E-state index contributed by atoms with van der Waals surface area (Å²) in [7, 11) is 0.765. The number of esters is 1. The van der Waals surface area contributed by atoms with Gasteiger partial charge in [0.1, 0.15) is 0 Å². The van der Waals surface area contributed by atoms with Gasteiger partial charge >= 0.3 is 5.97 Å². The fraction of sp³-hybridized carbons (Fsp3) is 0.727. The van der Waals surface area contributed by atoms with Crippen molar-refractivity contribution in [1.82, 2.24) is 5.32 Å². The zero-order valence-corrected chi connectivity index (χ0v) is 10.6. The lowest BCUT2D eigenvalue weighted by Crippen LogP contribution is -2.35. The Balaban J connectivity index is 2.25. The Morgan fingerprint density at radius 3 is 2.69 bits per heavy atom. The minimum atomic E-state index is -0.614. The molecule has 1 fully saturated rings. The van der Waals surface area contributed by atoms with Gasteiger partial charge in [-0.05, 0) is 19.8 Å². The van der Waals surface area contributed by atoms with Crippen molar-refractivity contribution in [1.29, 1.82) is 0 Å². The second-order valence-electron chi connectivity index (χ2n) is 3.91. The van der Waals surface area contributed by atoms with Crippen LogP contribution in [0.3, 0.4) is 0 Å². The van der Waals surface area contributed by atoms with Crippen molar-refractivity contribution in [3.63, 3.8) is 0 Å². The summed E-state index contributed by atoms with van der Waals surface area (Å²) < 4.78 is 15.7. The third-order valence-electron chi connectivity index (χ3n) is 2.71. The van der Waals surface area contributed by atoms with E-state index in [1.807, 2.05) is 6.08 Å². The summed E-state index contributed by atoms with van der Waals surface area (Å²) in [6, 6.07) is 0.430. The van der Waals surface area contributed by atoms with Crippen molar-refractivity contribution in [3.05, 3.63) is 11.6 Å². The van der Waals surface area contributed by atoms with Crippen LogP contribution in [0, 0.1) is 0 Å². The average Bonchev–Trinajstić information content (AvgIpc) is 2.30. The Hall–Kier alpha value is -0.680. The molecule has 0 aromatic heterocycles. The zero-order valence-electron chi connectivity index (χ0n) is 9.82. The fourth-order valence-corrected chi connectivity index (χ4v) is 2.92. The zero-order chi connectivity index (χ0) is 12.0. The minimum absolute atomic E-state index is 0.286. The summed E-state index contributed by atoms with van der Waals surface area (Å²) in [5.74, 6) is 1.29. The first kappa shape index (κ1) is 13.4. The van der Waals surface area contributed by atoms with Gasteiger partial charge in [-0.25, -0.2) is 4.79 Å². The Bertz CT molecular complexity index is 292. The Kier molecular flexibility index (Phi) is 5.69. The molecule has 0 aliphatic carbocycles. The predicted molar refractivity (Wildman–Crippen MR) is 64.7 cm³/mol. The molecule has 4 nitrogen and oxygen atoms in total. The normalized spacial score (nSPS) is 26.5. The number of carbonyl (C=O) groups is 1. The maximum Gasteiger partial charge on any atom is 0.333 e.